The second kappa shape index (κ2) is 10.5. The number of aryl methyl sites for hydroxylation is 2. The molecule has 3 heterocycles. The molecule has 0 atom stereocenters. The Balaban J connectivity index is 1.43. The van der Waals surface area contributed by atoms with Crippen LogP contribution in [0.2, 0.25) is 0 Å². The number of hydrogen-bond donors (Lipinski definition) is 3. The van der Waals surface area contributed by atoms with Gasteiger partial charge in [0, 0.05) is 23.6 Å². The molecule has 1 amide bonds. The van der Waals surface area contributed by atoms with E-state index in [4.69, 9.17) is 9.47 Å². The minimum atomic E-state index is -0.530. The molecule has 3 aromatic heterocycles. The van der Waals surface area contributed by atoms with Crippen LogP contribution in [0.25, 0.3) is 17.1 Å². The molecule has 0 aliphatic carbocycles. The van der Waals surface area contributed by atoms with Crippen molar-refractivity contribution in [3.63, 3.8) is 0 Å². The molecule has 4 rings (SSSR count). The van der Waals surface area contributed by atoms with Crippen LogP contribution in [0.4, 0.5) is 16.3 Å². The number of nitrogens with one attached hydrogen (secondary N) is 3. The quantitative estimate of drug-likeness (QED) is 0.292. The van der Waals surface area contributed by atoms with Gasteiger partial charge in [-0.05, 0) is 82.7 Å². The van der Waals surface area contributed by atoms with Crippen molar-refractivity contribution >= 4 is 34.7 Å². The van der Waals surface area contributed by atoms with Crippen LogP contribution in [0.3, 0.4) is 0 Å². The molecule has 0 spiro atoms. The number of nitrogens with zero attached hydrogens (tertiary/aromatic N) is 3. The van der Waals surface area contributed by atoms with Gasteiger partial charge in [0.25, 0.3) is 0 Å². The predicted octanol–water partition coefficient (Wildman–Crippen LogP) is 6.04. The van der Waals surface area contributed by atoms with E-state index in [0.29, 0.717) is 18.1 Å². The van der Waals surface area contributed by atoms with Crippen molar-refractivity contribution < 1.29 is 14.3 Å². The van der Waals surface area contributed by atoms with E-state index < -0.39 is 11.7 Å². The molecule has 0 saturated carbocycles. The lowest BCUT2D eigenvalue weighted by Crippen LogP contribution is -2.32. The van der Waals surface area contributed by atoms with E-state index in [2.05, 4.69) is 30.6 Å². The zero-order chi connectivity index (χ0) is 25.7. The first-order valence-electron chi connectivity index (χ1n) is 11.6. The van der Waals surface area contributed by atoms with E-state index in [1.165, 1.54) is 6.33 Å². The molecule has 0 bridgehead atoms. The first kappa shape index (κ1) is 24.7. The molecule has 0 fully saturated rings. The minimum absolute atomic E-state index is 0.341. The number of hydrogen-bond acceptors (Lipinski definition) is 7. The van der Waals surface area contributed by atoms with Gasteiger partial charge in [-0.25, -0.2) is 14.8 Å². The van der Waals surface area contributed by atoms with E-state index in [1.54, 1.807) is 6.20 Å². The third kappa shape index (κ3) is 6.59. The van der Waals surface area contributed by atoms with Crippen molar-refractivity contribution in [1.82, 2.24) is 25.3 Å². The minimum Gasteiger partial charge on any atom is -0.455 e. The standard InChI is InChI=1S/C27H30N6O3/c1-17-13-20(9-11-23(17)35-21-10-8-18(2)29-15-21)33-25-24-22(30-16-31-25)14-19(32-24)7-6-12-28-26(34)36-27(3,4)5/h6-11,13-16,32H,12H2,1-5H3,(H,28,34)(H,30,31,33). The number of alkyl carbamates (subject to hydrolysis) is 1. The summed E-state index contributed by atoms with van der Waals surface area (Å²) in [5.41, 5.74) is 4.64. The summed E-state index contributed by atoms with van der Waals surface area (Å²) in [6, 6.07) is 11.6. The fourth-order valence-electron chi connectivity index (χ4n) is 3.41. The van der Waals surface area contributed by atoms with Gasteiger partial charge in [0.05, 0.1) is 11.7 Å². The van der Waals surface area contributed by atoms with Crippen LogP contribution in [0.5, 0.6) is 11.5 Å². The number of carbonyl (C=O) groups is 1. The van der Waals surface area contributed by atoms with Crippen molar-refractivity contribution in [2.75, 3.05) is 11.9 Å². The zero-order valence-electron chi connectivity index (χ0n) is 21.0. The lowest BCUT2D eigenvalue weighted by molar-refractivity contribution is 0.0534. The summed E-state index contributed by atoms with van der Waals surface area (Å²) in [6.07, 6.45) is 6.48. The number of fused-ring (bicyclic) bond motifs is 1. The molecule has 0 saturated heterocycles. The smallest absolute Gasteiger partial charge is 0.407 e. The van der Waals surface area contributed by atoms with Crippen LogP contribution in [0.1, 0.15) is 37.7 Å². The normalized spacial score (nSPS) is 11.6. The highest BCUT2D eigenvalue weighted by molar-refractivity contribution is 5.89. The van der Waals surface area contributed by atoms with E-state index >= 15 is 0 Å². The summed E-state index contributed by atoms with van der Waals surface area (Å²) >= 11 is 0. The third-order valence-electron chi connectivity index (χ3n) is 5.05. The number of pyridine rings is 1. The van der Waals surface area contributed by atoms with E-state index in [0.717, 1.165) is 39.4 Å². The van der Waals surface area contributed by atoms with Gasteiger partial charge in [0.2, 0.25) is 0 Å². The maximum atomic E-state index is 11.8. The second-order valence-electron chi connectivity index (χ2n) is 9.33. The SMILES string of the molecule is Cc1ccc(Oc2ccc(Nc3ncnc4cc(C=CCNC(=O)OC(C)(C)C)[nH]c34)cc2C)cn1. The van der Waals surface area contributed by atoms with Crippen molar-refractivity contribution in [2.45, 2.75) is 40.2 Å². The molecule has 0 aliphatic heterocycles. The highest BCUT2D eigenvalue weighted by atomic mass is 16.6. The fraction of sp³-hybridized carbons (Fsp3) is 0.259. The number of aromatic nitrogens is 4. The van der Waals surface area contributed by atoms with Crippen molar-refractivity contribution in [3.05, 3.63) is 71.9 Å². The van der Waals surface area contributed by atoms with Crippen molar-refractivity contribution in [1.29, 1.82) is 0 Å². The summed E-state index contributed by atoms with van der Waals surface area (Å²) in [4.78, 5) is 28.1. The number of benzene rings is 1. The molecule has 36 heavy (non-hydrogen) atoms. The molecule has 0 radical (unpaired) electrons. The number of carbonyl (C=O) groups excluding carboxylic acids is 1. The Morgan fingerprint density at radius 1 is 1.08 bits per heavy atom. The maximum Gasteiger partial charge on any atom is 0.407 e. The Bertz CT molecular complexity index is 1390. The van der Waals surface area contributed by atoms with Crippen LogP contribution < -0.4 is 15.4 Å². The van der Waals surface area contributed by atoms with E-state index in [1.807, 2.05) is 83.2 Å². The summed E-state index contributed by atoms with van der Waals surface area (Å²) in [6.45, 7) is 9.74. The highest BCUT2D eigenvalue weighted by Gasteiger charge is 2.15. The van der Waals surface area contributed by atoms with Gasteiger partial charge in [-0.3, -0.25) is 4.98 Å². The first-order valence-corrected chi connectivity index (χ1v) is 11.6. The van der Waals surface area contributed by atoms with Crippen LogP contribution in [0.15, 0.2) is 55.0 Å². The number of ether oxygens (including phenoxy) is 2. The first-order chi connectivity index (χ1) is 17.2. The number of H-pyrrole nitrogens is 1. The van der Waals surface area contributed by atoms with Crippen LogP contribution in [0, 0.1) is 13.8 Å². The van der Waals surface area contributed by atoms with Crippen LogP contribution in [-0.2, 0) is 4.74 Å². The lowest BCUT2D eigenvalue weighted by atomic mass is 10.2. The Labute approximate surface area is 210 Å². The zero-order valence-corrected chi connectivity index (χ0v) is 21.0. The molecular weight excluding hydrogens is 456 g/mol. The van der Waals surface area contributed by atoms with Crippen molar-refractivity contribution in [2.24, 2.45) is 0 Å². The van der Waals surface area contributed by atoms with E-state index in [9.17, 15) is 4.79 Å². The Hall–Kier alpha value is -4.40. The largest absolute Gasteiger partial charge is 0.455 e. The van der Waals surface area contributed by atoms with Crippen molar-refractivity contribution in [3.8, 4) is 11.5 Å². The van der Waals surface area contributed by atoms with Crippen LogP contribution >= 0.6 is 0 Å². The van der Waals surface area contributed by atoms with Gasteiger partial charge >= 0.3 is 6.09 Å². The Morgan fingerprint density at radius 2 is 1.92 bits per heavy atom. The number of anilines is 2. The molecule has 0 aliphatic rings. The Morgan fingerprint density at radius 3 is 2.64 bits per heavy atom. The molecule has 186 valence electrons. The topological polar surface area (TPSA) is 114 Å². The summed E-state index contributed by atoms with van der Waals surface area (Å²) in [5.74, 6) is 2.10. The average molecular weight is 487 g/mol. The van der Waals surface area contributed by atoms with Gasteiger partial charge in [0.1, 0.15) is 28.9 Å². The van der Waals surface area contributed by atoms with Gasteiger partial charge in [-0.2, -0.15) is 0 Å². The average Bonchev–Trinajstić information content (AvgIpc) is 3.23. The molecule has 9 heteroatoms. The molecular formula is C27H30N6O3. The monoisotopic (exact) mass is 486 g/mol. The lowest BCUT2D eigenvalue weighted by Gasteiger charge is -2.19. The summed E-state index contributed by atoms with van der Waals surface area (Å²) in [5, 5.41) is 6.05. The Kier molecular flexibility index (Phi) is 7.19. The predicted molar refractivity (Wildman–Crippen MR) is 141 cm³/mol. The highest BCUT2D eigenvalue weighted by Crippen LogP contribution is 2.29. The second-order valence-corrected chi connectivity index (χ2v) is 9.33. The van der Waals surface area contributed by atoms with Gasteiger partial charge in [-0.1, -0.05) is 6.08 Å². The molecule has 0 unspecified atom stereocenters. The molecule has 9 nitrogen and oxygen atoms in total. The fourth-order valence-corrected chi connectivity index (χ4v) is 3.41. The maximum absolute atomic E-state index is 11.8. The summed E-state index contributed by atoms with van der Waals surface area (Å²) < 4.78 is 11.2. The molecule has 4 aromatic rings. The number of aromatic amines is 1. The molecule has 1 aromatic carbocycles. The van der Waals surface area contributed by atoms with Gasteiger partial charge < -0.3 is 25.1 Å². The van der Waals surface area contributed by atoms with Crippen LogP contribution in [-0.4, -0.2) is 38.2 Å². The third-order valence-corrected chi connectivity index (χ3v) is 5.05. The summed E-state index contributed by atoms with van der Waals surface area (Å²) in [7, 11) is 0. The van der Waals surface area contributed by atoms with Gasteiger partial charge in [-0.15, -0.1) is 0 Å². The molecule has 3 N–H and O–H groups in total. The van der Waals surface area contributed by atoms with Gasteiger partial charge in [0.15, 0.2) is 5.82 Å². The van der Waals surface area contributed by atoms with E-state index in [-0.39, 0.29) is 0 Å². The number of rotatable bonds is 7. The number of amides is 1.